The number of nitrogens with one attached hydrogen (secondary N) is 1. The lowest BCUT2D eigenvalue weighted by Gasteiger charge is -2.23. The minimum Gasteiger partial charge on any atom is -0.388 e. The molecule has 0 spiro atoms. The zero-order chi connectivity index (χ0) is 13.7. The number of carbonyl (C=O) groups excluding carboxylic acids is 1. The Labute approximate surface area is 114 Å². The molecule has 1 aliphatic rings. The van der Waals surface area contributed by atoms with Crippen molar-refractivity contribution in [3.05, 3.63) is 35.9 Å². The number of aliphatic hydroxyl groups is 1. The fraction of sp³-hybridized carbons (Fsp3) is 0.533. The molecule has 1 fully saturated rings. The lowest BCUT2D eigenvalue weighted by atomic mass is 10.0. The smallest absolute Gasteiger partial charge is 0.237 e. The predicted molar refractivity (Wildman–Crippen MR) is 74.5 cm³/mol. The van der Waals surface area contributed by atoms with Gasteiger partial charge in [-0.2, -0.15) is 0 Å². The molecule has 1 amide bonds. The highest BCUT2D eigenvalue weighted by Gasteiger charge is 2.31. The first kappa shape index (κ1) is 14.0. The lowest BCUT2D eigenvalue weighted by Crippen LogP contribution is -2.48. The lowest BCUT2D eigenvalue weighted by molar-refractivity contribution is -0.123. The summed E-state index contributed by atoms with van der Waals surface area (Å²) in [6.07, 6.45) is 4.11. The maximum atomic E-state index is 11.9. The predicted octanol–water partition coefficient (Wildman–Crippen LogP) is 0.978. The van der Waals surface area contributed by atoms with Gasteiger partial charge in [0, 0.05) is 6.54 Å². The molecule has 0 heterocycles. The van der Waals surface area contributed by atoms with Crippen LogP contribution < -0.4 is 11.1 Å². The van der Waals surface area contributed by atoms with Gasteiger partial charge in [0.2, 0.25) is 5.91 Å². The van der Waals surface area contributed by atoms with E-state index in [0.717, 1.165) is 31.2 Å². The number of hydrogen-bond acceptors (Lipinski definition) is 3. The van der Waals surface area contributed by atoms with Crippen molar-refractivity contribution in [2.24, 2.45) is 5.73 Å². The number of nitrogens with two attached hydrogens (primary N) is 1. The van der Waals surface area contributed by atoms with Crippen molar-refractivity contribution in [3.63, 3.8) is 0 Å². The van der Waals surface area contributed by atoms with E-state index in [1.807, 2.05) is 30.3 Å². The highest BCUT2D eigenvalue weighted by molar-refractivity contribution is 5.81. The molecule has 1 aromatic rings. The van der Waals surface area contributed by atoms with E-state index in [9.17, 15) is 9.90 Å². The molecule has 19 heavy (non-hydrogen) atoms. The Morgan fingerprint density at radius 1 is 1.32 bits per heavy atom. The van der Waals surface area contributed by atoms with Gasteiger partial charge in [-0.25, -0.2) is 0 Å². The van der Waals surface area contributed by atoms with Gasteiger partial charge < -0.3 is 16.2 Å². The van der Waals surface area contributed by atoms with Gasteiger partial charge in [0.1, 0.15) is 0 Å². The Kier molecular flexibility index (Phi) is 4.56. The van der Waals surface area contributed by atoms with Gasteiger partial charge in [-0.3, -0.25) is 4.79 Å². The second-order valence-corrected chi connectivity index (χ2v) is 5.45. The molecule has 0 aromatic heterocycles. The monoisotopic (exact) mass is 262 g/mol. The highest BCUT2D eigenvalue weighted by atomic mass is 16.3. The fourth-order valence-electron chi connectivity index (χ4n) is 2.55. The number of carbonyl (C=O) groups is 1. The summed E-state index contributed by atoms with van der Waals surface area (Å²) in [5, 5.41) is 12.9. The summed E-state index contributed by atoms with van der Waals surface area (Å²) in [7, 11) is 0. The van der Waals surface area contributed by atoms with Crippen molar-refractivity contribution in [2.75, 3.05) is 6.54 Å². The zero-order valence-corrected chi connectivity index (χ0v) is 11.1. The largest absolute Gasteiger partial charge is 0.388 e. The third-order valence-corrected chi connectivity index (χ3v) is 3.76. The molecule has 4 N–H and O–H groups in total. The van der Waals surface area contributed by atoms with Gasteiger partial charge in [-0.1, -0.05) is 43.2 Å². The van der Waals surface area contributed by atoms with Crippen LogP contribution in [0.25, 0.3) is 0 Å². The van der Waals surface area contributed by atoms with E-state index in [1.54, 1.807) is 0 Å². The first-order valence-corrected chi connectivity index (χ1v) is 6.89. The Balaban J connectivity index is 1.79. The van der Waals surface area contributed by atoms with Crippen molar-refractivity contribution in [1.29, 1.82) is 0 Å². The van der Waals surface area contributed by atoms with Crippen molar-refractivity contribution >= 4 is 5.91 Å². The number of amides is 1. The van der Waals surface area contributed by atoms with E-state index in [1.165, 1.54) is 0 Å². The SMILES string of the molecule is NC(Cc1ccccc1)C(=O)NCC1(O)CCCC1. The minimum absolute atomic E-state index is 0.191. The molecule has 104 valence electrons. The molecule has 1 aromatic carbocycles. The quantitative estimate of drug-likeness (QED) is 0.740. The third kappa shape index (κ3) is 4.04. The van der Waals surface area contributed by atoms with Crippen LogP contribution in [0.1, 0.15) is 31.2 Å². The van der Waals surface area contributed by atoms with Crippen LogP contribution in [0.4, 0.5) is 0 Å². The van der Waals surface area contributed by atoms with Gasteiger partial charge in [0.15, 0.2) is 0 Å². The zero-order valence-electron chi connectivity index (χ0n) is 11.1. The highest BCUT2D eigenvalue weighted by Crippen LogP contribution is 2.28. The van der Waals surface area contributed by atoms with E-state index < -0.39 is 11.6 Å². The van der Waals surface area contributed by atoms with Crippen LogP contribution in [0.5, 0.6) is 0 Å². The molecule has 1 unspecified atom stereocenters. The second-order valence-electron chi connectivity index (χ2n) is 5.45. The molecule has 1 atom stereocenters. The van der Waals surface area contributed by atoms with E-state index >= 15 is 0 Å². The molecule has 0 radical (unpaired) electrons. The molecule has 1 aliphatic carbocycles. The Bertz CT molecular complexity index is 413. The standard InChI is InChI=1S/C15H22N2O2/c16-13(10-12-6-2-1-3-7-12)14(18)17-11-15(19)8-4-5-9-15/h1-3,6-7,13,19H,4-5,8-11,16H2,(H,17,18). The van der Waals surface area contributed by atoms with Crippen LogP contribution in [0, 0.1) is 0 Å². The van der Waals surface area contributed by atoms with Crippen LogP contribution in [-0.4, -0.2) is 29.2 Å². The first-order valence-electron chi connectivity index (χ1n) is 6.89. The summed E-state index contributed by atoms with van der Waals surface area (Å²) in [6, 6.07) is 9.15. The van der Waals surface area contributed by atoms with Crippen molar-refractivity contribution < 1.29 is 9.90 Å². The van der Waals surface area contributed by atoms with Gasteiger partial charge >= 0.3 is 0 Å². The molecular formula is C15H22N2O2. The molecule has 1 saturated carbocycles. The summed E-state index contributed by atoms with van der Waals surface area (Å²) >= 11 is 0. The van der Waals surface area contributed by atoms with Gasteiger partial charge in [-0.15, -0.1) is 0 Å². The van der Waals surface area contributed by atoms with Crippen LogP contribution in [0.3, 0.4) is 0 Å². The van der Waals surface area contributed by atoms with Crippen LogP contribution >= 0.6 is 0 Å². The summed E-state index contributed by atoms with van der Waals surface area (Å²) in [4.78, 5) is 11.9. The molecule has 0 saturated heterocycles. The maximum absolute atomic E-state index is 11.9. The van der Waals surface area contributed by atoms with E-state index in [4.69, 9.17) is 5.73 Å². The van der Waals surface area contributed by atoms with Crippen LogP contribution in [0.15, 0.2) is 30.3 Å². The normalized spacial score (nSPS) is 19.1. The number of rotatable bonds is 5. The summed E-state index contributed by atoms with van der Waals surface area (Å²) in [5.41, 5.74) is 6.21. The molecule has 0 aliphatic heterocycles. The van der Waals surface area contributed by atoms with Gasteiger partial charge in [0.25, 0.3) is 0 Å². The Morgan fingerprint density at radius 3 is 2.58 bits per heavy atom. The van der Waals surface area contributed by atoms with Gasteiger partial charge in [-0.05, 0) is 24.8 Å². The van der Waals surface area contributed by atoms with Crippen molar-refractivity contribution in [1.82, 2.24) is 5.32 Å². The average Bonchev–Trinajstić information content (AvgIpc) is 2.84. The molecular weight excluding hydrogens is 240 g/mol. The average molecular weight is 262 g/mol. The Morgan fingerprint density at radius 2 is 1.95 bits per heavy atom. The molecule has 4 heteroatoms. The van der Waals surface area contributed by atoms with E-state index in [0.29, 0.717) is 13.0 Å². The summed E-state index contributed by atoms with van der Waals surface area (Å²) < 4.78 is 0. The third-order valence-electron chi connectivity index (χ3n) is 3.76. The second kappa shape index (κ2) is 6.17. The number of hydrogen-bond donors (Lipinski definition) is 3. The van der Waals surface area contributed by atoms with E-state index in [2.05, 4.69) is 5.32 Å². The van der Waals surface area contributed by atoms with Crippen LogP contribution in [-0.2, 0) is 11.2 Å². The molecule has 4 nitrogen and oxygen atoms in total. The minimum atomic E-state index is -0.720. The van der Waals surface area contributed by atoms with Crippen molar-refractivity contribution in [2.45, 2.75) is 43.7 Å². The maximum Gasteiger partial charge on any atom is 0.237 e. The van der Waals surface area contributed by atoms with Crippen molar-refractivity contribution in [3.8, 4) is 0 Å². The molecule has 0 bridgehead atoms. The first-order chi connectivity index (χ1) is 9.09. The van der Waals surface area contributed by atoms with Gasteiger partial charge in [0.05, 0.1) is 11.6 Å². The van der Waals surface area contributed by atoms with E-state index in [-0.39, 0.29) is 5.91 Å². The topological polar surface area (TPSA) is 75.4 Å². The fourth-order valence-corrected chi connectivity index (χ4v) is 2.55. The summed E-state index contributed by atoms with van der Waals surface area (Å²) in [6.45, 7) is 0.314. The Hall–Kier alpha value is -1.39. The molecule has 2 rings (SSSR count). The van der Waals surface area contributed by atoms with Crippen LogP contribution in [0.2, 0.25) is 0 Å². The number of benzene rings is 1. The summed E-state index contributed by atoms with van der Waals surface area (Å²) in [5.74, 6) is -0.191.